The molecule has 1 aromatic heterocycles. The number of aromatic nitrogens is 1. The van der Waals surface area contributed by atoms with Crippen molar-refractivity contribution in [1.82, 2.24) is 10.3 Å². The number of pyridine rings is 1. The highest BCUT2D eigenvalue weighted by molar-refractivity contribution is 5.33. The SMILES string of the molecule is CC1=C[C@H]([C@H](O)CC(C)C)[C@@](C)(Cc2ccc(C)cn2)N[C@H]1c1ccccc1. The minimum absolute atomic E-state index is 0.0398. The topological polar surface area (TPSA) is 45.2 Å². The van der Waals surface area contributed by atoms with Gasteiger partial charge in [0.15, 0.2) is 0 Å². The van der Waals surface area contributed by atoms with Gasteiger partial charge < -0.3 is 10.4 Å². The number of nitrogens with one attached hydrogen (secondary N) is 1. The van der Waals surface area contributed by atoms with Crippen LogP contribution in [0.15, 0.2) is 60.3 Å². The minimum Gasteiger partial charge on any atom is -0.392 e. The Kier molecular flexibility index (Phi) is 6.36. The highest BCUT2D eigenvalue weighted by Crippen LogP contribution is 2.39. The Hall–Kier alpha value is -1.97. The van der Waals surface area contributed by atoms with Gasteiger partial charge in [0, 0.05) is 29.8 Å². The van der Waals surface area contributed by atoms with Gasteiger partial charge in [0.2, 0.25) is 0 Å². The van der Waals surface area contributed by atoms with Crippen molar-refractivity contribution in [3.05, 3.63) is 77.1 Å². The molecule has 0 bridgehead atoms. The van der Waals surface area contributed by atoms with Crippen molar-refractivity contribution in [2.24, 2.45) is 11.8 Å². The summed E-state index contributed by atoms with van der Waals surface area (Å²) < 4.78 is 0. The van der Waals surface area contributed by atoms with Crippen LogP contribution in [0.5, 0.6) is 0 Å². The van der Waals surface area contributed by atoms with Gasteiger partial charge in [-0.05, 0) is 50.3 Å². The molecular formula is C25H34N2O. The molecule has 1 aliphatic heterocycles. The Morgan fingerprint density at radius 3 is 2.43 bits per heavy atom. The maximum atomic E-state index is 11.1. The fourth-order valence-electron chi connectivity index (χ4n) is 4.41. The molecule has 3 heteroatoms. The number of hydrogen-bond donors (Lipinski definition) is 2. The quantitative estimate of drug-likeness (QED) is 0.695. The summed E-state index contributed by atoms with van der Waals surface area (Å²) in [6.45, 7) is 10.8. The van der Waals surface area contributed by atoms with E-state index in [1.165, 1.54) is 16.7 Å². The van der Waals surface area contributed by atoms with E-state index in [2.05, 4.69) is 93.5 Å². The lowest BCUT2D eigenvalue weighted by Gasteiger charge is -2.47. The summed E-state index contributed by atoms with van der Waals surface area (Å²) in [4.78, 5) is 4.65. The number of aryl methyl sites for hydroxylation is 1. The first-order chi connectivity index (χ1) is 13.3. The second-order valence-corrected chi connectivity index (χ2v) is 9.04. The van der Waals surface area contributed by atoms with Crippen LogP contribution in [0.4, 0.5) is 0 Å². The van der Waals surface area contributed by atoms with Crippen molar-refractivity contribution in [2.75, 3.05) is 0 Å². The van der Waals surface area contributed by atoms with Gasteiger partial charge in [-0.1, -0.05) is 61.9 Å². The van der Waals surface area contributed by atoms with E-state index in [1.807, 2.05) is 6.20 Å². The highest BCUT2D eigenvalue weighted by atomic mass is 16.3. The molecule has 0 aliphatic carbocycles. The van der Waals surface area contributed by atoms with Crippen LogP contribution in [0.2, 0.25) is 0 Å². The molecule has 3 nitrogen and oxygen atoms in total. The monoisotopic (exact) mass is 378 g/mol. The third-order valence-electron chi connectivity index (χ3n) is 5.89. The molecule has 3 rings (SSSR count). The van der Waals surface area contributed by atoms with Crippen molar-refractivity contribution < 1.29 is 5.11 Å². The number of aliphatic hydroxyl groups is 1. The maximum Gasteiger partial charge on any atom is 0.0623 e. The molecule has 0 saturated heterocycles. The molecule has 150 valence electrons. The molecule has 0 saturated carbocycles. The third-order valence-corrected chi connectivity index (χ3v) is 5.89. The molecule has 0 amide bonds. The predicted molar refractivity (Wildman–Crippen MR) is 116 cm³/mol. The van der Waals surface area contributed by atoms with Crippen LogP contribution >= 0.6 is 0 Å². The molecule has 1 aliphatic rings. The molecule has 0 unspecified atom stereocenters. The summed E-state index contributed by atoms with van der Waals surface area (Å²) in [5.41, 5.74) is 4.47. The smallest absolute Gasteiger partial charge is 0.0623 e. The van der Waals surface area contributed by atoms with Crippen molar-refractivity contribution >= 4 is 0 Å². The molecule has 0 fully saturated rings. The van der Waals surface area contributed by atoms with Crippen LogP contribution in [0.3, 0.4) is 0 Å². The molecule has 0 spiro atoms. The van der Waals surface area contributed by atoms with Crippen LogP contribution in [-0.4, -0.2) is 21.7 Å². The molecule has 2 N–H and O–H groups in total. The molecule has 1 aromatic carbocycles. The van der Waals surface area contributed by atoms with Crippen molar-refractivity contribution in [3.63, 3.8) is 0 Å². The lowest BCUT2D eigenvalue weighted by atomic mass is 9.71. The molecule has 4 atom stereocenters. The van der Waals surface area contributed by atoms with Gasteiger partial charge in [-0.2, -0.15) is 0 Å². The van der Waals surface area contributed by atoms with Crippen LogP contribution < -0.4 is 5.32 Å². The van der Waals surface area contributed by atoms with Crippen molar-refractivity contribution in [1.29, 1.82) is 0 Å². The standard InChI is InChI=1S/C25H34N2O/c1-17(2)13-23(28)22-14-19(4)24(20-9-7-6-8-10-20)27-25(22,5)15-21-12-11-18(3)16-26-21/h6-12,14,16-17,22-24,27-28H,13,15H2,1-5H3/t22-,23-,24-,25-/m1/s1. The Morgan fingerprint density at radius 1 is 1.11 bits per heavy atom. The molecule has 2 aromatic rings. The van der Waals surface area contributed by atoms with Gasteiger partial charge in [-0.3, -0.25) is 4.98 Å². The van der Waals surface area contributed by atoms with Crippen molar-refractivity contribution in [3.8, 4) is 0 Å². The van der Waals surface area contributed by atoms with E-state index in [-0.39, 0.29) is 23.6 Å². The summed E-state index contributed by atoms with van der Waals surface area (Å²) in [7, 11) is 0. The Labute approximate surface area is 169 Å². The molecule has 28 heavy (non-hydrogen) atoms. The van der Waals surface area contributed by atoms with Gasteiger partial charge in [0.05, 0.1) is 12.1 Å². The van der Waals surface area contributed by atoms with Crippen molar-refractivity contribution in [2.45, 2.75) is 65.1 Å². The average Bonchev–Trinajstić information content (AvgIpc) is 2.65. The van der Waals surface area contributed by atoms with E-state index in [1.54, 1.807) is 0 Å². The van der Waals surface area contributed by atoms with E-state index in [4.69, 9.17) is 0 Å². The Morgan fingerprint density at radius 2 is 1.82 bits per heavy atom. The number of benzene rings is 1. The largest absolute Gasteiger partial charge is 0.392 e. The molecular weight excluding hydrogens is 344 g/mol. The van der Waals surface area contributed by atoms with E-state index in [9.17, 15) is 5.11 Å². The number of rotatable bonds is 6. The second-order valence-electron chi connectivity index (χ2n) is 9.04. The summed E-state index contributed by atoms with van der Waals surface area (Å²) >= 11 is 0. The Balaban J connectivity index is 1.97. The number of aliphatic hydroxyl groups excluding tert-OH is 1. The zero-order valence-electron chi connectivity index (χ0n) is 17.8. The first-order valence-electron chi connectivity index (χ1n) is 10.4. The molecule has 2 heterocycles. The van der Waals surface area contributed by atoms with Crippen LogP contribution in [0, 0.1) is 18.8 Å². The van der Waals surface area contributed by atoms with Gasteiger partial charge in [0.25, 0.3) is 0 Å². The first kappa shape index (κ1) is 20.8. The van der Waals surface area contributed by atoms with E-state index < -0.39 is 0 Å². The Bertz CT molecular complexity index is 797. The fraction of sp³-hybridized carbons (Fsp3) is 0.480. The number of hydrogen-bond acceptors (Lipinski definition) is 3. The van der Waals surface area contributed by atoms with Gasteiger partial charge in [-0.25, -0.2) is 0 Å². The average molecular weight is 379 g/mol. The van der Waals surface area contributed by atoms with E-state index >= 15 is 0 Å². The zero-order valence-corrected chi connectivity index (χ0v) is 17.8. The van der Waals surface area contributed by atoms with E-state index in [0.717, 1.165) is 18.5 Å². The highest BCUT2D eigenvalue weighted by Gasteiger charge is 2.43. The minimum atomic E-state index is -0.380. The fourth-order valence-corrected chi connectivity index (χ4v) is 4.41. The zero-order chi connectivity index (χ0) is 20.3. The van der Waals surface area contributed by atoms with E-state index in [0.29, 0.717) is 5.92 Å². The maximum absolute atomic E-state index is 11.1. The second kappa shape index (κ2) is 8.59. The summed E-state index contributed by atoms with van der Waals surface area (Å²) in [5, 5.41) is 15.0. The van der Waals surface area contributed by atoms with Gasteiger partial charge in [-0.15, -0.1) is 0 Å². The first-order valence-corrected chi connectivity index (χ1v) is 10.4. The summed E-state index contributed by atoms with van der Waals surface area (Å²) in [5.74, 6) is 0.496. The van der Waals surface area contributed by atoms with Gasteiger partial charge in [0.1, 0.15) is 0 Å². The van der Waals surface area contributed by atoms with Crippen LogP contribution in [0.1, 0.15) is 57.0 Å². The lowest BCUT2D eigenvalue weighted by molar-refractivity contribution is 0.0490. The van der Waals surface area contributed by atoms with Crippen LogP contribution in [-0.2, 0) is 6.42 Å². The van der Waals surface area contributed by atoms with Crippen LogP contribution in [0.25, 0.3) is 0 Å². The lowest BCUT2D eigenvalue weighted by Crippen LogP contribution is -2.57. The normalized spacial score (nSPS) is 26.2. The van der Waals surface area contributed by atoms with Gasteiger partial charge >= 0.3 is 0 Å². The summed E-state index contributed by atoms with van der Waals surface area (Å²) in [6, 6.07) is 14.9. The predicted octanol–water partition coefficient (Wildman–Crippen LogP) is 5.01. The third kappa shape index (κ3) is 4.71. The summed E-state index contributed by atoms with van der Waals surface area (Å²) in [6.07, 6.45) is 5.42. The molecule has 0 radical (unpaired) electrons. The number of nitrogens with zero attached hydrogens (tertiary/aromatic N) is 1.